The van der Waals surface area contributed by atoms with Gasteiger partial charge in [-0.15, -0.1) is 0 Å². The quantitative estimate of drug-likeness (QED) is 0.124. The average molecular weight is 634 g/mol. The summed E-state index contributed by atoms with van der Waals surface area (Å²) in [6.07, 6.45) is 6.19. The summed E-state index contributed by atoms with van der Waals surface area (Å²) in [5.41, 5.74) is 2.42. The van der Waals surface area contributed by atoms with Crippen LogP contribution in [0.1, 0.15) is 25.5 Å². The first-order valence-corrected chi connectivity index (χ1v) is 15.6. The summed E-state index contributed by atoms with van der Waals surface area (Å²) in [7, 11) is 4.73. The van der Waals surface area contributed by atoms with E-state index in [1.807, 2.05) is 51.1 Å². The van der Waals surface area contributed by atoms with Crippen molar-refractivity contribution in [2.75, 3.05) is 45.3 Å². The fraction of sp³-hybridized carbons (Fsp3) is 0.400. The molecule has 2 aromatic carbocycles. The SMILES string of the molecule is CCOC(=O)CN(Sc1ccc(OC)cc1)c1ccc(Cl)c2[nH]c(CN(CC(=O)OC)SC3C=CC(OC)CC3)cc12. The summed E-state index contributed by atoms with van der Waals surface area (Å²) in [4.78, 5) is 29.3. The molecule has 12 heteroatoms. The van der Waals surface area contributed by atoms with Crippen molar-refractivity contribution >= 4 is 64.0 Å². The van der Waals surface area contributed by atoms with E-state index in [9.17, 15) is 9.59 Å². The Morgan fingerprint density at radius 1 is 1.02 bits per heavy atom. The van der Waals surface area contributed by atoms with E-state index in [1.54, 1.807) is 33.1 Å². The van der Waals surface area contributed by atoms with Crippen molar-refractivity contribution in [1.29, 1.82) is 0 Å². The van der Waals surface area contributed by atoms with Gasteiger partial charge in [0.05, 0.1) is 43.2 Å². The first-order chi connectivity index (χ1) is 20.3. The van der Waals surface area contributed by atoms with Crippen molar-refractivity contribution in [3.05, 3.63) is 65.3 Å². The number of halogens is 1. The monoisotopic (exact) mass is 633 g/mol. The minimum Gasteiger partial charge on any atom is -0.497 e. The van der Waals surface area contributed by atoms with E-state index in [0.717, 1.165) is 45.8 Å². The van der Waals surface area contributed by atoms with Crippen molar-refractivity contribution in [3.8, 4) is 5.75 Å². The van der Waals surface area contributed by atoms with Crippen LogP contribution in [0.3, 0.4) is 0 Å². The molecular formula is C30H36ClN3O6S2. The minimum absolute atomic E-state index is 0.0303. The number of nitrogens with zero attached hydrogens (tertiary/aromatic N) is 2. The van der Waals surface area contributed by atoms with Gasteiger partial charge in [0.15, 0.2) is 0 Å². The molecular weight excluding hydrogens is 598 g/mol. The minimum atomic E-state index is -0.339. The number of benzene rings is 2. The third-order valence-electron chi connectivity index (χ3n) is 6.64. The highest BCUT2D eigenvalue weighted by molar-refractivity contribution is 8.00. The van der Waals surface area contributed by atoms with Gasteiger partial charge in [-0.2, -0.15) is 0 Å². The van der Waals surface area contributed by atoms with E-state index in [-0.39, 0.29) is 36.4 Å². The van der Waals surface area contributed by atoms with Crippen molar-refractivity contribution < 1.29 is 28.5 Å². The van der Waals surface area contributed by atoms with E-state index in [1.165, 1.54) is 19.1 Å². The van der Waals surface area contributed by atoms with Crippen LogP contribution in [-0.4, -0.2) is 73.6 Å². The van der Waals surface area contributed by atoms with Gasteiger partial charge in [-0.25, -0.2) is 4.31 Å². The van der Waals surface area contributed by atoms with Crippen LogP contribution in [0.15, 0.2) is 59.5 Å². The number of rotatable bonds is 14. The summed E-state index contributed by atoms with van der Waals surface area (Å²) in [6, 6.07) is 13.4. The number of aromatic nitrogens is 1. The predicted octanol–water partition coefficient (Wildman–Crippen LogP) is 6.26. The van der Waals surface area contributed by atoms with Gasteiger partial charge < -0.3 is 28.2 Å². The molecule has 0 amide bonds. The molecule has 226 valence electrons. The molecule has 0 aliphatic heterocycles. The fourth-order valence-corrected chi connectivity index (χ4v) is 6.89. The van der Waals surface area contributed by atoms with Crippen LogP contribution in [0.25, 0.3) is 10.9 Å². The van der Waals surface area contributed by atoms with Crippen molar-refractivity contribution in [1.82, 2.24) is 9.29 Å². The van der Waals surface area contributed by atoms with Crippen LogP contribution in [0, 0.1) is 0 Å². The molecule has 2 unspecified atom stereocenters. The van der Waals surface area contributed by atoms with Crippen LogP contribution < -0.4 is 9.04 Å². The van der Waals surface area contributed by atoms with Crippen LogP contribution in [-0.2, 0) is 30.3 Å². The lowest BCUT2D eigenvalue weighted by Crippen LogP contribution is -2.28. The molecule has 0 radical (unpaired) electrons. The Kier molecular flexibility index (Phi) is 11.9. The van der Waals surface area contributed by atoms with Gasteiger partial charge in [0.25, 0.3) is 0 Å². The van der Waals surface area contributed by atoms with Crippen molar-refractivity contribution in [3.63, 3.8) is 0 Å². The Morgan fingerprint density at radius 3 is 2.45 bits per heavy atom. The number of H-pyrrole nitrogens is 1. The van der Waals surface area contributed by atoms with E-state index in [0.29, 0.717) is 18.2 Å². The maximum absolute atomic E-state index is 12.6. The average Bonchev–Trinajstić information content (AvgIpc) is 3.42. The second-order valence-corrected chi connectivity index (χ2v) is 12.3. The zero-order chi connectivity index (χ0) is 30.1. The van der Waals surface area contributed by atoms with Crippen LogP contribution in [0.2, 0.25) is 5.02 Å². The van der Waals surface area contributed by atoms with Gasteiger partial charge in [0.1, 0.15) is 18.8 Å². The fourth-order valence-electron chi connectivity index (χ4n) is 4.56. The highest BCUT2D eigenvalue weighted by Crippen LogP contribution is 2.38. The molecule has 0 bridgehead atoms. The van der Waals surface area contributed by atoms with Gasteiger partial charge in [-0.05, 0) is 74.2 Å². The normalized spacial score (nSPS) is 16.5. The van der Waals surface area contributed by atoms with E-state index >= 15 is 0 Å². The highest BCUT2D eigenvalue weighted by Gasteiger charge is 2.23. The van der Waals surface area contributed by atoms with E-state index in [4.69, 9.17) is 30.5 Å². The van der Waals surface area contributed by atoms with Crippen LogP contribution >= 0.6 is 35.5 Å². The topological polar surface area (TPSA) is 93.3 Å². The molecule has 3 aromatic rings. The Hall–Kier alpha value is -2.83. The zero-order valence-corrected chi connectivity index (χ0v) is 26.5. The van der Waals surface area contributed by atoms with Gasteiger partial charge in [-0.1, -0.05) is 35.7 Å². The maximum atomic E-state index is 12.6. The first kappa shape index (κ1) is 32.1. The molecule has 1 aliphatic rings. The number of carbonyl (C=O) groups is 2. The number of esters is 2. The van der Waals surface area contributed by atoms with Gasteiger partial charge in [-0.3, -0.25) is 9.59 Å². The van der Waals surface area contributed by atoms with E-state index < -0.39 is 0 Å². The number of ether oxygens (including phenoxy) is 4. The lowest BCUT2D eigenvalue weighted by atomic mass is 10.1. The molecule has 1 heterocycles. The second kappa shape index (κ2) is 15.6. The number of carbonyl (C=O) groups excluding carboxylic acids is 2. The standard InChI is InChI=1S/C30H36ClN3O6S2/c1-5-40-29(36)19-34(42-24-12-8-22(38-3)9-13-24)27-15-14-26(31)30-25(27)16-20(32-30)17-33(18-28(35)39-4)41-23-10-6-21(37-2)7-11-23/h6,8-10,12-16,21,23,32H,5,7,11,17-19H2,1-4H3. The molecule has 4 rings (SSSR count). The summed E-state index contributed by atoms with van der Waals surface area (Å²) >= 11 is 9.68. The second-order valence-electron chi connectivity index (χ2n) is 9.51. The Labute approximate surface area is 260 Å². The maximum Gasteiger partial charge on any atom is 0.326 e. The Balaban J connectivity index is 1.63. The predicted molar refractivity (Wildman–Crippen MR) is 169 cm³/mol. The zero-order valence-electron chi connectivity index (χ0n) is 24.1. The molecule has 0 fully saturated rings. The molecule has 0 saturated heterocycles. The van der Waals surface area contributed by atoms with Gasteiger partial charge in [0.2, 0.25) is 0 Å². The number of hydrogen-bond acceptors (Lipinski definition) is 10. The highest BCUT2D eigenvalue weighted by atomic mass is 35.5. The van der Waals surface area contributed by atoms with Gasteiger partial charge in [0, 0.05) is 34.9 Å². The Bertz CT molecular complexity index is 1380. The summed E-state index contributed by atoms with van der Waals surface area (Å²) < 4.78 is 24.9. The molecule has 1 N–H and O–H groups in total. The molecule has 0 saturated carbocycles. The number of fused-ring (bicyclic) bond motifs is 1. The van der Waals surface area contributed by atoms with Crippen molar-refractivity contribution in [2.24, 2.45) is 0 Å². The number of anilines is 1. The van der Waals surface area contributed by atoms with Crippen LogP contribution in [0.5, 0.6) is 5.75 Å². The molecule has 42 heavy (non-hydrogen) atoms. The number of nitrogens with one attached hydrogen (secondary N) is 1. The largest absolute Gasteiger partial charge is 0.497 e. The van der Waals surface area contributed by atoms with Gasteiger partial charge >= 0.3 is 11.9 Å². The molecule has 2 atom stereocenters. The lowest BCUT2D eigenvalue weighted by Gasteiger charge is -2.27. The molecule has 9 nitrogen and oxygen atoms in total. The van der Waals surface area contributed by atoms with E-state index in [2.05, 4.69) is 17.1 Å². The summed E-state index contributed by atoms with van der Waals surface area (Å²) in [5.74, 6) is 0.0923. The number of methoxy groups -OCH3 is 3. The summed E-state index contributed by atoms with van der Waals surface area (Å²) in [5, 5.41) is 1.62. The summed E-state index contributed by atoms with van der Waals surface area (Å²) in [6.45, 7) is 2.68. The smallest absolute Gasteiger partial charge is 0.326 e. The molecule has 1 aromatic heterocycles. The van der Waals surface area contributed by atoms with Crippen LogP contribution in [0.4, 0.5) is 5.69 Å². The number of aromatic amines is 1. The first-order valence-electron chi connectivity index (χ1n) is 13.6. The molecule has 1 aliphatic carbocycles. The lowest BCUT2D eigenvalue weighted by molar-refractivity contribution is -0.141. The third-order valence-corrected chi connectivity index (χ3v) is 9.20. The third kappa shape index (κ3) is 8.61. The Morgan fingerprint density at radius 2 is 1.81 bits per heavy atom. The number of hydrogen-bond donors (Lipinski definition) is 1. The van der Waals surface area contributed by atoms with Crippen molar-refractivity contribution in [2.45, 2.75) is 42.6 Å². The molecule has 0 spiro atoms.